The maximum absolute atomic E-state index is 12.5. The van der Waals surface area contributed by atoms with Gasteiger partial charge in [0.15, 0.2) is 0 Å². The molecule has 0 aromatic carbocycles. The molecule has 2 heterocycles. The van der Waals surface area contributed by atoms with E-state index in [1.165, 1.54) is 6.08 Å². The zero-order valence-corrected chi connectivity index (χ0v) is 10.5. The summed E-state index contributed by atoms with van der Waals surface area (Å²) < 4.78 is 37.6. The lowest BCUT2D eigenvalue weighted by molar-refractivity contribution is -0.0944. The van der Waals surface area contributed by atoms with Crippen LogP contribution in [-0.4, -0.2) is 29.4 Å². The van der Waals surface area contributed by atoms with Gasteiger partial charge in [-0.25, -0.2) is 4.98 Å². The lowest BCUT2D eigenvalue weighted by Gasteiger charge is -2.30. The average molecular weight is 272 g/mol. The molecule has 1 aliphatic rings. The Balaban J connectivity index is 2.21. The Labute approximate surface area is 109 Å². The first-order valence-electron chi connectivity index (χ1n) is 6.03. The molecule has 0 aliphatic carbocycles. The Bertz CT molecular complexity index is 483. The van der Waals surface area contributed by atoms with Crippen molar-refractivity contribution in [1.29, 1.82) is 0 Å². The molecule has 1 N–H and O–H groups in total. The van der Waals surface area contributed by atoms with Crippen molar-refractivity contribution in [3.05, 3.63) is 35.5 Å². The fourth-order valence-corrected chi connectivity index (χ4v) is 2.12. The van der Waals surface area contributed by atoms with Crippen molar-refractivity contribution in [2.45, 2.75) is 25.6 Å². The fourth-order valence-electron chi connectivity index (χ4n) is 2.12. The molecule has 1 aliphatic heterocycles. The highest BCUT2D eigenvalue weighted by Crippen LogP contribution is 2.32. The molecule has 1 atom stereocenters. The van der Waals surface area contributed by atoms with Crippen LogP contribution in [0.25, 0.3) is 0 Å². The third-order valence-corrected chi connectivity index (χ3v) is 3.14. The van der Waals surface area contributed by atoms with Gasteiger partial charge in [0, 0.05) is 30.4 Å². The Kier molecular flexibility index (Phi) is 3.80. The van der Waals surface area contributed by atoms with Gasteiger partial charge >= 0.3 is 6.18 Å². The Morgan fingerprint density at radius 1 is 1.42 bits per heavy atom. The van der Waals surface area contributed by atoms with Crippen LogP contribution in [0.3, 0.4) is 0 Å². The standard InChI is InChI=1S/C13H15F3N2O/c1-9(19)11-3-2-6-17-12(11)18-7-4-10(5-8-18)13(14,15)16/h2-4,6,9,19H,5,7-8H2,1H3/t9-/m1/s1. The zero-order chi connectivity index (χ0) is 14.0. The molecule has 2 rings (SSSR count). The predicted molar refractivity (Wildman–Crippen MR) is 65.8 cm³/mol. The molecule has 0 unspecified atom stereocenters. The van der Waals surface area contributed by atoms with Crippen molar-refractivity contribution < 1.29 is 18.3 Å². The van der Waals surface area contributed by atoms with E-state index in [1.807, 2.05) is 0 Å². The molecule has 0 saturated carbocycles. The summed E-state index contributed by atoms with van der Waals surface area (Å²) in [5.74, 6) is 0.551. The molecule has 0 spiro atoms. The molecule has 6 heteroatoms. The van der Waals surface area contributed by atoms with Crippen molar-refractivity contribution >= 4 is 5.82 Å². The molecule has 104 valence electrons. The summed E-state index contributed by atoms with van der Waals surface area (Å²) >= 11 is 0. The number of hydrogen-bond donors (Lipinski definition) is 1. The van der Waals surface area contributed by atoms with Crippen LogP contribution >= 0.6 is 0 Å². The quantitative estimate of drug-likeness (QED) is 0.841. The van der Waals surface area contributed by atoms with Crippen LogP contribution in [-0.2, 0) is 0 Å². The molecule has 0 radical (unpaired) electrons. The predicted octanol–water partition coefficient (Wildman–Crippen LogP) is 2.83. The van der Waals surface area contributed by atoms with Crippen LogP contribution in [0.2, 0.25) is 0 Å². The molecule has 1 aromatic heterocycles. The highest BCUT2D eigenvalue weighted by atomic mass is 19.4. The lowest BCUT2D eigenvalue weighted by Crippen LogP contribution is -2.33. The number of nitrogens with zero attached hydrogens (tertiary/aromatic N) is 2. The molecular formula is C13H15F3N2O. The number of anilines is 1. The lowest BCUT2D eigenvalue weighted by atomic mass is 10.1. The van der Waals surface area contributed by atoms with Gasteiger partial charge in [0.05, 0.1) is 6.10 Å². The Morgan fingerprint density at radius 3 is 2.68 bits per heavy atom. The number of aromatic nitrogens is 1. The van der Waals surface area contributed by atoms with E-state index in [4.69, 9.17) is 0 Å². The molecule has 0 amide bonds. The van der Waals surface area contributed by atoms with Crippen LogP contribution in [0.1, 0.15) is 25.0 Å². The normalized spacial score (nSPS) is 18.2. The number of alkyl halides is 3. The van der Waals surface area contributed by atoms with Gasteiger partial charge in [0.25, 0.3) is 0 Å². The minimum Gasteiger partial charge on any atom is -0.389 e. The summed E-state index contributed by atoms with van der Waals surface area (Å²) in [6.45, 7) is 2.02. The number of pyridine rings is 1. The minimum absolute atomic E-state index is 0.0562. The van der Waals surface area contributed by atoms with Crippen LogP contribution in [0.5, 0.6) is 0 Å². The fraction of sp³-hybridized carbons (Fsp3) is 0.462. The summed E-state index contributed by atoms with van der Waals surface area (Å²) in [7, 11) is 0. The Morgan fingerprint density at radius 2 is 2.16 bits per heavy atom. The summed E-state index contributed by atoms with van der Waals surface area (Å²) in [5, 5.41) is 9.65. The van der Waals surface area contributed by atoms with Crippen LogP contribution in [0, 0.1) is 0 Å². The topological polar surface area (TPSA) is 36.4 Å². The third kappa shape index (κ3) is 3.07. The first kappa shape index (κ1) is 13.9. The highest BCUT2D eigenvalue weighted by Gasteiger charge is 2.35. The van der Waals surface area contributed by atoms with Crippen molar-refractivity contribution in [3.63, 3.8) is 0 Å². The molecule has 0 bridgehead atoms. The molecular weight excluding hydrogens is 257 g/mol. The van der Waals surface area contributed by atoms with Gasteiger partial charge in [0.1, 0.15) is 5.82 Å². The first-order valence-corrected chi connectivity index (χ1v) is 6.03. The third-order valence-electron chi connectivity index (χ3n) is 3.14. The second-order valence-electron chi connectivity index (χ2n) is 4.52. The van der Waals surface area contributed by atoms with E-state index in [0.717, 1.165) is 0 Å². The summed E-state index contributed by atoms with van der Waals surface area (Å²) in [5.41, 5.74) is 0.143. The van der Waals surface area contributed by atoms with E-state index in [9.17, 15) is 18.3 Å². The highest BCUT2D eigenvalue weighted by molar-refractivity contribution is 5.49. The summed E-state index contributed by atoms with van der Waals surface area (Å²) in [6.07, 6.45) is -2.24. The van der Waals surface area contributed by atoms with Gasteiger partial charge in [-0.05, 0) is 19.4 Å². The van der Waals surface area contributed by atoms with Gasteiger partial charge in [-0.1, -0.05) is 12.1 Å². The molecule has 0 saturated heterocycles. The van der Waals surface area contributed by atoms with E-state index >= 15 is 0 Å². The average Bonchev–Trinajstić information content (AvgIpc) is 2.38. The molecule has 0 fully saturated rings. The second-order valence-corrected chi connectivity index (χ2v) is 4.52. The number of hydrogen-bond acceptors (Lipinski definition) is 3. The Hall–Kier alpha value is -1.56. The van der Waals surface area contributed by atoms with E-state index in [0.29, 0.717) is 11.4 Å². The number of rotatable bonds is 2. The monoisotopic (exact) mass is 272 g/mol. The van der Waals surface area contributed by atoms with Gasteiger partial charge < -0.3 is 10.0 Å². The van der Waals surface area contributed by atoms with Crippen LogP contribution in [0.4, 0.5) is 19.0 Å². The van der Waals surface area contributed by atoms with Crippen molar-refractivity contribution in [3.8, 4) is 0 Å². The van der Waals surface area contributed by atoms with E-state index in [2.05, 4.69) is 4.98 Å². The van der Waals surface area contributed by atoms with E-state index in [-0.39, 0.29) is 19.5 Å². The maximum atomic E-state index is 12.5. The van der Waals surface area contributed by atoms with E-state index < -0.39 is 17.9 Å². The van der Waals surface area contributed by atoms with E-state index in [1.54, 1.807) is 30.2 Å². The van der Waals surface area contributed by atoms with Crippen molar-refractivity contribution in [1.82, 2.24) is 4.98 Å². The number of aliphatic hydroxyl groups excluding tert-OH is 1. The van der Waals surface area contributed by atoms with Gasteiger partial charge in [0.2, 0.25) is 0 Å². The van der Waals surface area contributed by atoms with Crippen LogP contribution < -0.4 is 4.90 Å². The number of aliphatic hydroxyl groups is 1. The summed E-state index contributed by atoms with van der Waals surface area (Å²) in [4.78, 5) is 5.91. The van der Waals surface area contributed by atoms with Gasteiger partial charge in [-0.15, -0.1) is 0 Å². The largest absolute Gasteiger partial charge is 0.412 e. The minimum atomic E-state index is -4.25. The van der Waals surface area contributed by atoms with Crippen LogP contribution in [0.15, 0.2) is 30.0 Å². The maximum Gasteiger partial charge on any atom is 0.412 e. The summed E-state index contributed by atoms with van der Waals surface area (Å²) in [6, 6.07) is 3.43. The van der Waals surface area contributed by atoms with Crippen molar-refractivity contribution in [2.24, 2.45) is 0 Å². The zero-order valence-electron chi connectivity index (χ0n) is 10.5. The molecule has 1 aromatic rings. The molecule has 3 nitrogen and oxygen atoms in total. The smallest absolute Gasteiger partial charge is 0.389 e. The van der Waals surface area contributed by atoms with Gasteiger partial charge in [-0.3, -0.25) is 0 Å². The van der Waals surface area contributed by atoms with Gasteiger partial charge in [-0.2, -0.15) is 13.2 Å². The molecule has 19 heavy (non-hydrogen) atoms. The van der Waals surface area contributed by atoms with Crippen molar-refractivity contribution in [2.75, 3.05) is 18.0 Å². The SMILES string of the molecule is C[C@@H](O)c1cccnc1N1CC=C(C(F)(F)F)CC1. The number of halogens is 3. The first-order chi connectivity index (χ1) is 8.89. The second kappa shape index (κ2) is 5.21.